The third-order valence-electron chi connectivity index (χ3n) is 3.14. The summed E-state index contributed by atoms with van der Waals surface area (Å²) < 4.78 is 18.0. The molecule has 0 amide bonds. The highest BCUT2D eigenvalue weighted by Gasteiger charge is 2.30. The van der Waals surface area contributed by atoms with Crippen molar-refractivity contribution in [3.8, 4) is 0 Å². The fraction of sp³-hybridized carbons (Fsp3) is 0.385. The van der Waals surface area contributed by atoms with Crippen LogP contribution in [0.25, 0.3) is 0 Å². The first-order valence-corrected chi connectivity index (χ1v) is 5.52. The zero-order valence-electron chi connectivity index (χ0n) is 9.53. The Hall–Kier alpha value is -1.71. The zero-order chi connectivity index (χ0) is 12.4. The van der Waals surface area contributed by atoms with Crippen molar-refractivity contribution >= 4 is 11.8 Å². The minimum atomic E-state index is -0.400. The van der Waals surface area contributed by atoms with Crippen molar-refractivity contribution in [2.24, 2.45) is 5.92 Å². The number of ether oxygens (including phenoxy) is 1. The van der Waals surface area contributed by atoms with Gasteiger partial charge in [0, 0.05) is 11.5 Å². The molecular weight excluding hydrogens is 223 g/mol. The normalized spacial score (nSPS) is 18.7. The van der Waals surface area contributed by atoms with E-state index in [2.05, 4.69) is 4.74 Å². The molecular formula is C13H13FO3. The molecule has 0 saturated heterocycles. The summed E-state index contributed by atoms with van der Waals surface area (Å²) in [6.45, 7) is 0. The molecule has 1 unspecified atom stereocenters. The highest BCUT2D eigenvalue weighted by atomic mass is 19.1. The van der Waals surface area contributed by atoms with Crippen molar-refractivity contribution in [2.45, 2.75) is 19.3 Å². The van der Waals surface area contributed by atoms with E-state index in [9.17, 15) is 14.0 Å². The molecule has 1 aromatic carbocycles. The van der Waals surface area contributed by atoms with Gasteiger partial charge in [-0.15, -0.1) is 0 Å². The first-order chi connectivity index (χ1) is 8.13. The standard InChI is InChI=1S/C13H13FO3/c1-17-12(15)7-8-5-6-9-10(13(8)16)3-2-4-11(9)14/h2-4,8H,5-7H2,1H3. The van der Waals surface area contributed by atoms with Crippen LogP contribution in [0.1, 0.15) is 28.8 Å². The molecule has 4 heteroatoms. The number of fused-ring (bicyclic) bond motifs is 1. The first-order valence-electron chi connectivity index (χ1n) is 5.52. The monoisotopic (exact) mass is 236 g/mol. The predicted octanol–water partition coefficient (Wildman–Crippen LogP) is 2.13. The Morgan fingerprint density at radius 1 is 1.53 bits per heavy atom. The third-order valence-corrected chi connectivity index (χ3v) is 3.14. The minimum absolute atomic E-state index is 0.0747. The van der Waals surface area contributed by atoms with Crippen molar-refractivity contribution in [2.75, 3.05) is 7.11 Å². The van der Waals surface area contributed by atoms with Crippen molar-refractivity contribution in [3.63, 3.8) is 0 Å². The van der Waals surface area contributed by atoms with Crippen LogP contribution in [0.4, 0.5) is 4.39 Å². The summed E-state index contributed by atoms with van der Waals surface area (Å²) in [5, 5.41) is 0. The van der Waals surface area contributed by atoms with E-state index in [0.717, 1.165) is 0 Å². The quantitative estimate of drug-likeness (QED) is 0.739. The first kappa shape index (κ1) is 11.8. The van der Waals surface area contributed by atoms with Crippen molar-refractivity contribution in [3.05, 3.63) is 35.1 Å². The molecule has 0 aromatic heterocycles. The second-order valence-electron chi connectivity index (χ2n) is 4.15. The lowest BCUT2D eigenvalue weighted by molar-refractivity contribution is -0.141. The Morgan fingerprint density at radius 3 is 3.00 bits per heavy atom. The molecule has 0 radical (unpaired) electrons. The van der Waals surface area contributed by atoms with E-state index in [0.29, 0.717) is 24.0 Å². The lowest BCUT2D eigenvalue weighted by Crippen LogP contribution is -2.26. The number of hydrogen-bond donors (Lipinski definition) is 0. The summed E-state index contributed by atoms with van der Waals surface area (Å²) in [6, 6.07) is 4.49. The minimum Gasteiger partial charge on any atom is -0.469 e. The van der Waals surface area contributed by atoms with Crippen LogP contribution < -0.4 is 0 Å². The summed E-state index contributed by atoms with van der Waals surface area (Å²) >= 11 is 0. The SMILES string of the molecule is COC(=O)CC1CCc2c(F)cccc2C1=O. The molecule has 0 fully saturated rings. The van der Waals surface area contributed by atoms with E-state index in [1.165, 1.54) is 19.2 Å². The van der Waals surface area contributed by atoms with Gasteiger partial charge in [-0.1, -0.05) is 12.1 Å². The van der Waals surface area contributed by atoms with Gasteiger partial charge < -0.3 is 4.74 Å². The molecule has 0 heterocycles. The largest absolute Gasteiger partial charge is 0.469 e. The van der Waals surface area contributed by atoms with E-state index in [-0.39, 0.29) is 23.9 Å². The average molecular weight is 236 g/mol. The van der Waals surface area contributed by atoms with Crippen LogP contribution in [0.5, 0.6) is 0 Å². The number of halogens is 1. The highest BCUT2D eigenvalue weighted by molar-refractivity contribution is 6.01. The smallest absolute Gasteiger partial charge is 0.306 e. The van der Waals surface area contributed by atoms with Gasteiger partial charge in [-0.3, -0.25) is 9.59 Å². The maximum absolute atomic E-state index is 13.5. The van der Waals surface area contributed by atoms with Gasteiger partial charge in [0.15, 0.2) is 5.78 Å². The van der Waals surface area contributed by atoms with Gasteiger partial charge >= 0.3 is 5.97 Å². The van der Waals surface area contributed by atoms with Crippen LogP contribution in [-0.2, 0) is 16.0 Å². The lowest BCUT2D eigenvalue weighted by Gasteiger charge is -2.22. The van der Waals surface area contributed by atoms with E-state index in [4.69, 9.17) is 0 Å². The third kappa shape index (κ3) is 2.20. The molecule has 1 aromatic rings. The number of carbonyl (C=O) groups is 2. The number of Topliss-reactive ketones (excluding diaryl/α,β-unsaturated/α-hetero) is 1. The molecule has 17 heavy (non-hydrogen) atoms. The van der Waals surface area contributed by atoms with Crippen LogP contribution in [0.15, 0.2) is 18.2 Å². The number of carbonyl (C=O) groups excluding carboxylic acids is 2. The maximum Gasteiger partial charge on any atom is 0.306 e. The Kier molecular flexibility index (Phi) is 3.22. The van der Waals surface area contributed by atoms with Crippen LogP contribution in [0.2, 0.25) is 0 Å². The van der Waals surface area contributed by atoms with Crippen LogP contribution >= 0.6 is 0 Å². The molecule has 1 aliphatic carbocycles. The highest BCUT2D eigenvalue weighted by Crippen LogP contribution is 2.29. The Bertz CT molecular complexity index is 468. The number of rotatable bonds is 2. The Labute approximate surface area is 98.6 Å². The number of hydrogen-bond acceptors (Lipinski definition) is 3. The molecule has 1 atom stereocenters. The molecule has 90 valence electrons. The van der Waals surface area contributed by atoms with E-state index < -0.39 is 5.97 Å². The molecule has 0 spiro atoms. The van der Waals surface area contributed by atoms with Crippen LogP contribution in [0.3, 0.4) is 0 Å². The number of ketones is 1. The summed E-state index contributed by atoms with van der Waals surface area (Å²) in [4.78, 5) is 23.2. The van der Waals surface area contributed by atoms with E-state index in [1.807, 2.05) is 0 Å². The van der Waals surface area contributed by atoms with Gasteiger partial charge in [-0.05, 0) is 24.5 Å². The Morgan fingerprint density at radius 2 is 2.29 bits per heavy atom. The summed E-state index contributed by atoms with van der Waals surface area (Å²) in [5.74, 6) is -1.27. The van der Waals surface area contributed by atoms with Gasteiger partial charge in [0.25, 0.3) is 0 Å². The van der Waals surface area contributed by atoms with E-state index >= 15 is 0 Å². The zero-order valence-corrected chi connectivity index (χ0v) is 9.53. The molecule has 1 aliphatic rings. The lowest BCUT2D eigenvalue weighted by atomic mass is 9.81. The molecule has 0 saturated carbocycles. The number of benzene rings is 1. The second kappa shape index (κ2) is 4.65. The van der Waals surface area contributed by atoms with Crippen molar-refractivity contribution in [1.29, 1.82) is 0 Å². The second-order valence-corrected chi connectivity index (χ2v) is 4.15. The average Bonchev–Trinajstić information content (AvgIpc) is 2.33. The van der Waals surface area contributed by atoms with Crippen molar-refractivity contribution in [1.82, 2.24) is 0 Å². The van der Waals surface area contributed by atoms with Crippen LogP contribution in [0, 0.1) is 11.7 Å². The van der Waals surface area contributed by atoms with Gasteiger partial charge in [0.05, 0.1) is 13.5 Å². The van der Waals surface area contributed by atoms with Crippen LogP contribution in [-0.4, -0.2) is 18.9 Å². The molecule has 0 bridgehead atoms. The van der Waals surface area contributed by atoms with Gasteiger partial charge in [0.2, 0.25) is 0 Å². The van der Waals surface area contributed by atoms with Gasteiger partial charge in [-0.2, -0.15) is 0 Å². The summed E-state index contributed by atoms with van der Waals surface area (Å²) in [6.07, 6.45) is 1.07. The molecule has 2 rings (SSSR count). The van der Waals surface area contributed by atoms with E-state index in [1.54, 1.807) is 6.07 Å². The maximum atomic E-state index is 13.5. The molecule has 0 aliphatic heterocycles. The topological polar surface area (TPSA) is 43.4 Å². The van der Waals surface area contributed by atoms with Gasteiger partial charge in [-0.25, -0.2) is 4.39 Å². The summed E-state index contributed by atoms with van der Waals surface area (Å²) in [5.41, 5.74) is 0.878. The molecule has 3 nitrogen and oxygen atoms in total. The number of methoxy groups -OCH3 is 1. The predicted molar refractivity (Wildman–Crippen MR) is 59.2 cm³/mol. The van der Waals surface area contributed by atoms with Gasteiger partial charge in [0.1, 0.15) is 5.82 Å². The number of esters is 1. The fourth-order valence-corrected chi connectivity index (χ4v) is 2.19. The molecule has 0 N–H and O–H groups in total. The summed E-state index contributed by atoms with van der Waals surface area (Å²) in [7, 11) is 1.29. The fourth-order valence-electron chi connectivity index (χ4n) is 2.19. The Balaban J connectivity index is 2.24. The van der Waals surface area contributed by atoms with Crippen molar-refractivity contribution < 1.29 is 18.7 Å².